The van der Waals surface area contributed by atoms with E-state index in [1.807, 2.05) is 62.4 Å². The van der Waals surface area contributed by atoms with Gasteiger partial charge >= 0.3 is 5.97 Å². The molecule has 1 atom stereocenters. The molecule has 5 rings (SSSR count). The molecule has 0 saturated carbocycles. The maximum Gasteiger partial charge on any atom is 0.338 e. The monoisotopic (exact) mass is 627 g/mol. The molecule has 7 heteroatoms. The number of benzene rings is 4. The number of carbonyl (C=O) groups is 2. The van der Waals surface area contributed by atoms with Crippen LogP contribution in [0.15, 0.2) is 91.0 Å². The van der Waals surface area contributed by atoms with E-state index >= 15 is 0 Å². The highest BCUT2D eigenvalue weighted by Crippen LogP contribution is 2.31. The molecule has 0 aliphatic carbocycles. The van der Waals surface area contributed by atoms with Crippen LogP contribution in [0.3, 0.4) is 0 Å². The number of anilines is 1. The molecule has 39 heavy (non-hydrogen) atoms. The van der Waals surface area contributed by atoms with E-state index in [1.165, 1.54) is 0 Å². The molecule has 0 spiro atoms. The molecule has 1 amide bonds. The quantitative estimate of drug-likeness (QED) is 0.157. The first-order chi connectivity index (χ1) is 18.8. The molecule has 0 aliphatic rings. The lowest BCUT2D eigenvalue weighted by Crippen LogP contribution is -2.30. The minimum Gasteiger partial charge on any atom is -0.449 e. The number of amides is 1. The van der Waals surface area contributed by atoms with Crippen LogP contribution in [0.25, 0.3) is 33.5 Å². The second-order valence-corrected chi connectivity index (χ2v) is 10.6. The summed E-state index contributed by atoms with van der Waals surface area (Å²) in [7, 11) is 0. The zero-order valence-corrected chi connectivity index (χ0v) is 23.9. The van der Waals surface area contributed by atoms with Crippen molar-refractivity contribution in [1.29, 1.82) is 0 Å². The molecule has 1 heterocycles. The number of hydrogen-bond donors (Lipinski definition) is 1. The van der Waals surface area contributed by atoms with E-state index in [-0.39, 0.29) is 0 Å². The first-order valence-corrected chi connectivity index (χ1v) is 13.6. The van der Waals surface area contributed by atoms with E-state index in [1.54, 1.807) is 37.3 Å². The molecular formula is C32H26IN3O3. The summed E-state index contributed by atoms with van der Waals surface area (Å²) in [5.74, 6) is -1.02. The van der Waals surface area contributed by atoms with E-state index in [0.29, 0.717) is 22.3 Å². The Balaban J connectivity index is 1.44. The van der Waals surface area contributed by atoms with Gasteiger partial charge in [0, 0.05) is 20.4 Å². The summed E-state index contributed by atoms with van der Waals surface area (Å²) in [6.45, 7) is 5.63. The summed E-state index contributed by atoms with van der Waals surface area (Å²) in [5.41, 5.74) is 7.84. The van der Waals surface area contributed by atoms with Gasteiger partial charge in [-0.05, 0) is 85.8 Å². The molecule has 0 saturated heterocycles. The van der Waals surface area contributed by atoms with Crippen molar-refractivity contribution >= 4 is 51.2 Å². The van der Waals surface area contributed by atoms with Crippen molar-refractivity contribution in [3.63, 3.8) is 0 Å². The summed E-state index contributed by atoms with van der Waals surface area (Å²) in [4.78, 5) is 35.4. The second-order valence-electron chi connectivity index (χ2n) is 9.40. The SMILES string of the molecule is Cc1ccc(-c2nc3ccc(C(=O)OC(C)C(=O)Nc4ccc(I)cc4)cc3nc2-c2ccc(C)cc2)cc1. The molecule has 1 unspecified atom stereocenters. The fourth-order valence-electron chi connectivity index (χ4n) is 4.07. The van der Waals surface area contributed by atoms with Crippen molar-refractivity contribution in [2.75, 3.05) is 5.32 Å². The minimum atomic E-state index is -0.981. The largest absolute Gasteiger partial charge is 0.449 e. The third-order valence-corrected chi connectivity index (χ3v) is 7.03. The smallest absolute Gasteiger partial charge is 0.338 e. The number of aromatic nitrogens is 2. The molecule has 0 radical (unpaired) electrons. The van der Waals surface area contributed by atoms with Gasteiger partial charge in [0.05, 0.1) is 28.0 Å². The number of rotatable bonds is 6. The van der Waals surface area contributed by atoms with Crippen LogP contribution in [0.5, 0.6) is 0 Å². The van der Waals surface area contributed by atoms with E-state index in [0.717, 1.165) is 37.2 Å². The van der Waals surface area contributed by atoms with Crippen LogP contribution in [0, 0.1) is 17.4 Å². The lowest BCUT2D eigenvalue weighted by molar-refractivity contribution is -0.123. The van der Waals surface area contributed by atoms with Crippen LogP contribution < -0.4 is 5.32 Å². The van der Waals surface area contributed by atoms with Crippen molar-refractivity contribution in [3.8, 4) is 22.5 Å². The average molecular weight is 627 g/mol. The van der Waals surface area contributed by atoms with Crippen molar-refractivity contribution in [1.82, 2.24) is 9.97 Å². The number of ether oxygens (including phenoxy) is 1. The first kappa shape index (κ1) is 26.5. The molecule has 0 bridgehead atoms. The Morgan fingerprint density at radius 2 is 1.28 bits per heavy atom. The van der Waals surface area contributed by atoms with E-state index in [2.05, 4.69) is 40.0 Å². The summed E-state index contributed by atoms with van der Waals surface area (Å²) >= 11 is 2.19. The molecular weight excluding hydrogens is 601 g/mol. The summed E-state index contributed by atoms with van der Waals surface area (Å²) in [6, 6.07) is 28.7. The first-order valence-electron chi connectivity index (χ1n) is 12.5. The Labute approximate surface area is 240 Å². The van der Waals surface area contributed by atoms with Gasteiger partial charge in [-0.1, -0.05) is 59.7 Å². The Morgan fingerprint density at radius 1 is 0.744 bits per heavy atom. The van der Waals surface area contributed by atoms with Gasteiger partial charge in [-0.25, -0.2) is 14.8 Å². The fraction of sp³-hybridized carbons (Fsp3) is 0.125. The van der Waals surface area contributed by atoms with Gasteiger partial charge in [-0.3, -0.25) is 4.79 Å². The number of halogens is 1. The van der Waals surface area contributed by atoms with Crippen molar-refractivity contribution in [2.24, 2.45) is 0 Å². The number of carbonyl (C=O) groups excluding carboxylic acids is 2. The lowest BCUT2D eigenvalue weighted by atomic mass is 10.0. The summed E-state index contributed by atoms with van der Waals surface area (Å²) < 4.78 is 6.53. The molecule has 6 nitrogen and oxygen atoms in total. The second kappa shape index (κ2) is 11.3. The maximum atomic E-state index is 13.0. The number of aryl methyl sites for hydroxylation is 2. The summed E-state index contributed by atoms with van der Waals surface area (Å²) in [5, 5.41) is 2.77. The Morgan fingerprint density at radius 3 is 1.85 bits per heavy atom. The zero-order chi connectivity index (χ0) is 27.5. The third-order valence-electron chi connectivity index (χ3n) is 6.31. The molecule has 1 aromatic heterocycles. The maximum absolute atomic E-state index is 13.0. The Kier molecular flexibility index (Phi) is 7.70. The lowest BCUT2D eigenvalue weighted by Gasteiger charge is -2.14. The molecule has 5 aromatic rings. The van der Waals surface area contributed by atoms with Crippen LogP contribution in [0.1, 0.15) is 28.4 Å². The van der Waals surface area contributed by atoms with Gasteiger partial charge in [-0.2, -0.15) is 0 Å². The number of esters is 1. The number of fused-ring (bicyclic) bond motifs is 1. The van der Waals surface area contributed by atoms with Gasteiger partial charge in [0.1, 0.15) is 0 Å². The molecule has 0 aliphatic heterocycles. The Hall–Kier alpha value is -4.11. The predicted octanol–water partition coefficient (Wildman–Crippen LogP) is 7.37. The highest BCUT2D eigenvalue weighted by molar-refractivity contribution is 14.1. The molecule has 4 aromatic carbocycles. The molecule has 194 valence electrons. The highest BCUT2D eigenvalue weighted by Gasteiger charge is 2.20. The molecule has 0 fully saturated rings. The fourth-order valence-corrected chi connectivity index (χ4v) is 4.43. The number of nitrogens with zero attached hydrogens (tertiary/aromatic N) is 2. The van der Waals surface area contributed by atoms with Gasteiger partial charge < -0.3 is 10.1 Å². The van der Waals surface area contributed by atoms with Crippen LogP contribution in [0.4, 0.5) is 5.69 Å². The summed E-state index contributed by atoms with van der Waals surface area (Å²) in [6.07, 6.45) is -0.981. The van der Waals surface area contributed by atoms with Crippen LogP contribution >= 0.6 is 22.6 Å². The van der Waals surface area contributed by atoms with Crippen LogP contribution in [-0.2, 0) is 9.53 Å². The van der Waals surface area contributed by atoms with E-state index in [9.17, 15) is 9.59 Å². The van der Waals surface area contributed by atoms with Crippen LogP contribution in [0.2, 0.25) is 0 Å². The van der Waals surface area contributed by atoms with Crippen molar-refractivity contribution in [3.05, 3.63) is 111 Å². The van der Waals surface area contributed by atoms with Crippen molar-refractivity contribution in [2.45, 2.75) is 26.9 Å². The van der Waals surface area contributed by atoms with E-state index < -0.39 is 18.0 Å². The predicted molar refractivity (Wildman–Crippen MR) is 163 cm³/mol. The van der Waals surface area contributed by atoms with Gasteiger partial charge in [-0.15, -0.1) is 0 Å². The Bertz CT molecular complexity index is 1670. The minimum absolute atomic E-state index is 0.295. The van der Waals surface area contributed by atoms with E-state index in [4.69, 9.17) is 14.7 Å². The van der Waals surface area contributed by atoms with Gasteiger partial charge in [0.25, 0.3) is 5.91 Å². The average Bonchev–Trinajstić information content (AvgIpc) is 2.94. The number of hydrogen-bond acceptors (Lipinski definition) is 5. The van der Waals surface area contributed by atoms with Crippen LogP contribution in [-0.4, -0.2) is 27.9 Å². The topological polar surface area (TPSA) is 81.2 Å². The third kappa shape index (κ3) is 6.15. The van der Waals surface area contributed by atoms with Gasteiger partial charge in [0.2, 0.25) is 0 Å². The molecule has 1 N–H and O–H groups in total. The number of nitrogens with one attached hydrogen (secondary N) is 1. The zero-order valence-electron chi connectivity index (χ0n) is 21.7. The van der Waals surface area contributed by atoms with Crippen molar-refractivity contribution < 1.29 is 14.3 Å². The highest BCUT2D eigenvalue weighted by atomic mass is 127. The normalized spacial score (nSPS) is 11.7. The standard InChI is InChI=1S/C32H26IN3O3/c1-19-4-8-22(9-5-19)29-30(23-10-6-20(2)7-11-23)36-28-18-24(12-17-27(28)35-29)32(38)39-21(3)31(37)34-26-15-13-25(33)14-16-26/h4-18,21H,1-3H3,(H,34,37). The van der Waals surface area contributed by atoms with Gasteiger partial charge in [0.15, 0.2) is 6.10 Å².